The van der Waals surface area contributed by atoms with Gasteiger partial charge in [-0.15, -0.1) is 0 Å². The molecule has 0 aliphatic carbocycles. The summed E-state index contributed by atoms with van der Waals surface area (Å²) >= 11 is 0. The second-order valence-corrected chi connectivity index (χ2v) is 4.83. The van der Waals surface area contributed by atoms with Crippen LogP contribution in [-0.4, -0.2) is 61.7 Å². The Morgan fingerprint density at radius 2 is 1.22 bits per heavy atom. The monoisotopic (exact) mass is 252 g/mol. The zero-order chi connectivity index (χ0) is 13.4. The van der Waals surface area contributed by atoms with E-state index in [0.29, 0.717) is 0 Å². The van der Waals surface area contributed by atoms with E-state index >= 15 is 0 Å². The minimum Gasteiger partial charge on any atom is -0.364 e. The van der Waals surface area contributed by atoms with Crippen LogP contribution in [0.4, 0.5) is 0 Å². The van der Waals surface area contributed by atoms with Crippen molar-refractivity contribution < 1.29 is 0 Å². The van der Waals surface area contributed by atoms with Crippen LogP contribution in [-0.2, 0) is 0 Å². The normalized spacial score (nSPS) is 17.8. The van der Waals surface area contributed by atoms with Crippen molar-refractivity contribution in [1.29, 1.82) is 0 Å². The number of hydrogen-bond donors (Lipinski definition) is 0. The quantitative estimate of drug-likeness (QED) is 0.755. The van der Waals surface area contributed by atoms with E-state index in [2.05, 4.69) is 47.7 Å². The third-order valence-electron chi connectivity index (χ3n) is 3.54. The van der Waals surface area contributed by atoms with Crippen molar-refractivity contribution in [2.45, 2.75) is 39.5 Å². The molecule has 4 heteroatoms. The maximum absolute atomic E-state index is 4.35. The fourth-order valence-electron chi connectivity index (χ4n) is 2.04. The van der Waals surface area contributed by atoms with E-state index in [0.717, 1.165) is 26.2 Å². The number of rotatable bonds is 2. The van der Waals surface area contributed by atoms with Gasteiger partial charge in [0.15, 0.2) is 0 Å². The van der Waals surface area contributed by atoms with Crippen molar-refractivity contribution in [3.8, 4) is 0 Å². The molecule has 0 aromatic carbocycles. The molecule has 0 bridgehead atoms. The molecule has 0 unspecified atom stereocenters. The largest absolute Gasteiger partial charge is 0.364 e. The summed E-state index contributed by atoms with van der Waals surface area (Å²) in [7, 11) is 4.20. The van der Waals surface area contributed by atoms with Gasteiger partial charge >= 0.3 is 0 Å². The summed E-state index contributed by atoms with van der Waals surface area (Å²) in [5, 5.41) is 0. The number of aliphatic imine (C=N–C) groups is 2. The first-order chi connectivity index (χ1) is 8.69. The first-order valence-corrected chi connectivity index (χ1v) is 7.18. The summed E-state index contributed by atoms with van der Waals surface area (Å²) in [4.78, 5) is 13.1. The van der Waals surface area contributed by atoms with Gasteiger partial charge < -0.3 is 9.80 Å². The van der Waals surface area contributed by atoms with Crippen LogP contribution in [0, 0.1) is 0 Å². The highest BCUT2D eigenvalue weighted by Gasteiger charge is 2.08. The van der Waals surface area contributed by atoms with Gasteiger partial charge in [0.1, 0.15) is 0 Å². The van der Waals surface area contributed by atoms with Gasteiger partial charge in [-0.25, -0.2) is 0 Å². The maximum atomic E-state index is 4.35. The van der Waals surface area contributed by atoms with E-state index < -0.39 is 0 Å². The number of amidine groups is 2. The first-order valence-electron chi connectivity index (χ1n) is 7.18. The first kappa shape index (κ1) is 15.0. The lowest BCUT2D eigenvalue weighted by molar-refractivity contribution is 0.527. The minimum absolute atomic E-state index is 1.04. The summed E-state index contributed by atoms with van der Waals surface area (Å²) in [5.41, 5.74) is 0. The van der Waals surface area contributed by atoms with Gasteiger partial charge in [0, 0.05) is 53.1 Å². The lowest BCUT2D eigenvalue weighted by Crippen LogP contribution is -2.24. The molecule has 0 spiro atoms. The average molecular weight is 252 g/mol. The lowest BCUT2D eigenvalue weighted by atomic mass is 10.3. The molecule has 2 aliphatic heterocycles. The van der Waals surface area contributed by atoms with Gasteiger partial charge in [-0.05, 0) is 26.7 Å². The Morgan fingerprint density at radius 3 is 1.44 bits per heavy atom. The molecule has 0 aromatic rings. The Balaban J connectivity index is 0.000000180. The van der Waals surface area contributed by atoms with Crippen LogP contribution in [0.25, 0.3) is 0 Å². The molecular weight excluding hydrogens is 224 g/mol. The molecule has 0 amide bonds. The number of hydrogen-bond acceptors (Lipinski definition) is 4. The Bertz CT molecular complexity index is 266. The molecule has 0 N–H and O–H groups in total. The Labute approximate surface area is 112 Å². The molecule has 0 aromatic heterocycles. The molecule has 0 saturated carbocycles. The molecule has 2 heterocycles. The molecule has 2 aliphatic rings. The van der Waals surface area contributed by atoms with Crippen molar-refractivity contribution in [3.63, 3.8) is 0 Å². The third-order valence-corrected chi connectivity index (χ3v) is 3.54. The molecule has 4 nitrogen and oxygen atoms in total. The van der Waals surface area contributed by atoms with Gasteiger partial charge in [-0.3, -0.25) is 9.98 Å². The van der Waals surface area contributed by atoms with Crippen molar-refractivity contribution in [1.82, 2.24) is 9.80 Å². The molecule has 0 fully saturated rings. The van der Waals surface area contributed by atoms with Crippen molar-refractivity contribution >= 4 is 11.7 Å². The zero-order valence-corrected chi connectivity index (χ0v) is 12.4. The van der Waals surface area contributed by atoms with Crippen LogP contribution in [0.3, 0.4) is 0 Å². The van der Waals surface area contributed by atoms with Crippen LogP contribution in [0.15, 0.2) is 9.98 Å². The molecule has 2 rings (SSSR count). The van der Waals surface area contributed by atoms with Crippen LogP contribution in [0.5, 0.6) is 0 Å². The van der Waals surface area contributed by atoms with Crippen molar-refractivity contribution in [2.75, 3.05) is 40.3 Å². The molecule has 18 heavy (non-hydrogen) atoms. The van der Waals surface area contributed by atoms with E-state index in [1.165, 1.54) is 37.4 Å². The van der Waals surface area contributed by atoms with Crippen LogP contribution in [0.1, 0.15) is 39.5 Å². The third kappa shape index (κ3) is 4.67. The minimum atomic E-state index is 1.04. The Hall–Kier alpha value is -1.06. The fourth-order valence-corrected chi connectivity index (χ4v) is 2.04. The predicted molar refractivity (Wildman–Crippen MR) is 79.7 cm³/mol. The summed E-state index contributed by atoms with van der Waals surface area (Å²) in [6.07, 6.45) is 4.87. The lowest BCUT2D eigenvalue weighted by Gasteiger charge is -2.15. The fraction of sp³-hybridized carbons (Fsp3) is 0.857. The highest BCUT2D eigenvalue weighted by Crippen LogP contribution is 2.06. The van der Waals surface area contributed by atoms with E-state index in [4.69, 9.17) is 0 Å². The van der Waals surface area contributed by atoms with E-state index in [1.54, 1.807) is 0 Å². The summed E-state index contributed by atoms with van der Waals surface area (Å²) in [5.74, 6) is 2.58. The smallest absolute Gasteiger partial charge is 0.0986 e. The van der Waals surface area contributed by atoms with E-state index in [-0.39, 0.29) is 0 Å². The number of nitrogens with zero attached hydrogens (tertiary/aromatic N) is 4. The summed E-state index contributed by atoms with van der Waals surface area (Å²) < 4.78 is 0. The van der Waals surface area contributed by atoms with Crippen molar-refractivity contribution in [2.24, 2.45) is 9.98 Å². The molecular formula is C14H28N4. The van der Waals surface area contributed by atoms with Gasteiger partial charge in [-0.1, -0.05) is 0 Å². The highest BCUT2D eigenvalue weighted by molar-refractivity contribution is 5.83. The standard InChI is InChI=1S/2C7H14N2/c2*1-3-9(2)7-5-4-6-8-7/h2*3-6H2,1-2H3. The van der Waals surface area contributed by atoms with Gasteiger partial charge in [0.05, 0.1) is 11.7 Å². The van der Waals surface area contributed by atoms with Gasteiger partial charge in [-0.2, -0.15) is 0 Å². The summed E-state index contributed by atoms with van der Waals surface area (Å²) in [6, 6.07) is 0. The van der Waals surface area contributed by atoms with Crippen LogP contribution >= 0.6 is 0 Å². The van der Waals surface area contributed by atoms with Gasteiger partial charge in [0.2, 0.25) is 0 Å². The second kappa shape index (κ2) is 8.11. The molecule has 0 saturated heterocycles. The average Bonchev–Trinajstić information content (AvgIpc) is 3.09. The van der Waals surface area contributed by atoms with Crippen LogP contribution < -0.4 is 0 Å². The highest BCUT2D eigenvalue weighted by atomic mass is 15.2. The summed E-state index contributed by atoms with van der Waals surface area (Å²) in [6.45, 7) is 8.55. The topological polar surface area (TPSA) is 31.2 Å². The van der Waals surface area contributed by atoms with E-state index in [9.17, 15) is 0 Å². The Kier molecular flexibility index (Phi) is 6.76. The van der Waals surface area contributed by atoms with Gasteiger partial charge in [0.25, 0.3) is 0 Å². The maximum Gasteiger partial charge on any atom is 0.0986 e. The van der Waals surface area contributed by atoms with Crippen molar-refractivity contribution in [3.05, 3.63) is 0 Å². The second-order valence-electron chi connectivity index (χ2n) is 4.83. The molecule has 0 radical (unpaired) electrons. The Morgan fingerprint density at radius 1 is 0.833 bits per heavy atom. The zero-order valence-electron chi connectivity index (χ0n) is 12.4. The predicted octanol–water partition coefficient (Wildman–Crippen LogP) is 2.26. The van der Waals surface area contributed by atoms with E-state index in [1.807, 2.05) is 0 Å². The molecule has 104 valence electrons. The van der Waals surface area contributed by atoms with Crippen LogP contribution in [0.2, 0.25) is 0 Å². The SMILES string of the molecule is CCN(C)C1=NCCC1.CCN(C)C1=NCCC1. The molecule has 0 atom stereocenters.